The first-order valence-corrected chi connectivity index (χ1v) is 11.0. The zero-order valence-corrected chi connectivity index (χ0v) is 17.6. The summed E-state index contributed by atoms with van der Waals surface area (Å²) in [5.41, 5.74) is 1.80. The smallest absolute Gasteiger partial charge is 0.301 e. The summed E-state index contributed by atoms with van der Waals surface area (Å²) in [6.07, 6.45) is 1.83. The zero-order valence-electron chi connectivity index (χ0n) is 16.0. The van der Waals surface area contributed by atoms with E-state index < -0.39 is 23.5 Å². The fourth-order valence-corrected chi connectivity index (χ4v) is 4.53. The number of aryl methyl sites for hydroxylation is 1. The lowest BCUT2D eigenvalue weighted by atomic mass is 9.95. The minimum Gasteiger partial charge on any atom is -0.507 e. The molecule has 6 nitrogen and oxygen atoms in total. The summed E-state index contributed by atoms with van der Waals surface area (Å²) >= 11 is 2.53. The molecule has 0 unspecified atom stereocenters. The highest BCUT2D eigenvalue weighted by Crippen LogP contribution is 2.43. The van der Waals surface area contributed by atoms with Gasteiger partial charge in [-0.25, -0.2) is 4.39 Å². The van der Waals surface area contributed by atoms with Crippen LogP contribution < -0.4 is 4.90 Å². The quantitative estimate of drug-likeness (QED) is 0.213. The maximum atomic E-state index is 13.5. The van der Waals surface area contributed by atoms with Crippen LogP contribution in [0.2, 0.25) is 0 Å². The van der Waals surface area contributed by atoms with Crippen molar-refractivity contribution in [3.05, 3.63) is 76.6 Å². The van der Waals surface area contributed by atoms with Gasteiger partial charge in [0.05, 0.1) is 11.6 Å². The van der Waals surface area contributed by atoms with E-state index in [1.54, 1.807) is 24.3 Å². The predicted molar refractivity (Wildman–Crippen MR) is 114 cm³/mol. The number of carbonyl (C=O) groups excluding carboxylic acids is 2. The van der Waals surface area contributed by atoms with Crippen LogP contribution in [0.5, 0.6) is 0 Å². The Labute approximate surface area is 180 Å². The first-order chi connectivity index (χ1) is 14.4. The third-order valence-corrected chi connectivity index (χ3v) is 6.63. The van der Waals surface area contributed by atoms with Gasteiger partial charge in [-0.05, 0) is 30.9 Å². The van der Waals surface area contributed by atoms with Crippen molar-refractivity contribution < 1.29 is 19.1 Å². The summed E-state index contributed by atoms with van der Waals surface area (Å²) in [4.78, 5) is 27.1. The SMILES string of the molecule is CSc1nnc(N2C(=O)C(=O)C(=C(O)c3ccc(C)cc3)[C@@H]2c2ccc(F)cc2)s1. The summed E-state index contributed by atoms with van der Waals surface area (Å²) in [6, 6.07) is 11.5. The fourth-order valence-electron chi connectivity index (χ4n) is 3.24. The van der Waals surface area contributed by atoms with Crippen LogP contribution in [-0.4, -0.2) is 33.3 Å². The number of nitrogens with zero attached hydrogens (tertiary/aromatic N) is 3. The van der Waals surface area contributed by atoms with Crippen molar-refractivity contribution >= 4 is 45.7 Å². The maximum Gasteiger partial charge on any atom is 0.301 e. The standard InChI is InChI=1S/C21H16FN3O3S2/c1-11-3-5-13(6-4-11)17(26)15-16(12-7-9-14(22)10-8-12)25(19(28)18(15)27)20-23-24-21(29-2)30-20/h3-10,16,26H,1-2H3/t16-/m0/s1. The molecule has 3 aromatic rings. The molecular formula is C21H16FN3O3S2. The summed E-state index contributed by atoms with van der Waals surface area (Å²) < 4.78 is 14.2. The van der Waals surface area contributed by atoms with Crippen LogP contribution in [0.25, 0.3) is 5.76 Å². The fraction of sp³-hybridized carbons (Fsp3) is 0.143. The van der Waals surface area contributed by atoms with E-state index in [1.165, 1.54) is 40.9 Å². The lowest BCUT2D eigenvalue weighted by Crippen LogP contribution is -2.29. The number of benzene rings is 2. The summed E-state index contributed by atoms with van der Waals surface area (Å²) in [5.74, 6) is -2.39. The van der Waals surface area contributed by atoms with Crippen LogP contribution in [0.3, 0.4) is 0 Å². The Morgan fingerprint density at radius 1 is 1.10 bits per heavy atom. The number of halogens is 1. The number of aromatic nitrogens is 2. The zero-order chi connectivity index (χ0) is 21.4. The van der Waals surface area contributed by atoms with Crippen molar-refractivity contribution in [1.29, 1.82) is 0 Å². The molecule has 1 fully saturated rings. The molecule has 1 amide bonds. The number of hydrogen-bond donors (Lipinski definition) is 1. The number of thioether (sulfide) groups is 1. The van der Waals surface area contributed by atoms with E-state index in [9.17, 15) is 19.1 Å². The molecule has 4 rings (SSSR count). The lowest BCUT2D eigenvalue weighted by molar-refractivity contribution is -0.132. The van der Waals surface area contributed by atoms with Crippen molar-refractivity contribution in [3.63, 3.8) is 0 Å². The Kier molecular flexibility index (Phi) is 5.40. The number of aliphatic hydroxyl groups is 1. The summed E-state index contributed by atoms with van der Waals surface area (Å²) in [6.45, 7) is 1.90. The van der Waals surface area contributed by atoms with Gasteiger partial charge in [0, 0.05) is 5.56 Å². The number of anilines is 1. The number of hydrogen-bond acceptors (Lipinski definition) is 7. The summed E-state index contributed by atoms with van der Waals surface area (Å²) in [5, 5.41) is 19.3. The average Bonchev–Trinajstić information content (AvgIpc) is 3.31. The summed E-state index contributed by atoms with van der Waals surface area (Å²) in [7, 11) is 0. The molecule has 152 valence electrons. The Morgan fingerprint density at radius 3 is 2.37 bits per heavy atom. The molecule has 0 spiro atoms. The van der Waals surface area contributed by atoms with Gasteiger partial charge >= 0.3 is 5.91 Å². The Bertz CT molecular complexity index is 1160. The van der Waals surface area contributed by atoms with Crippen molar-refractivity contribution in [2.24, 2.45) is 0 Å². The molecule has 9 heteroatoms. The molecule has 1 saturated heterocycles. The van der Waals surface area contributed by atoms with Crippen LogP contribution >= 0.6 is 23.1 Å². The predicted octanol–water partition coefficient (Wildman–Crippen LogP) is 4.33. The van der Waals surface area contributed by atoms with Gasteiger partial charge in [-0.3, -0.25) is 14.5 Å². The van der Waals surface area contributed by atoms with Crippen LogP contribution in [0.15, 0.2) is 58.4 Å². The van der Waals surface area contributed by atoms with Crippen LogP contribution in [-0.2, 0) is 9.59 Å². The minimum atomic E-state index is -0.949. The first kappa shape index (κ1) is 20.2. The molecule has 2 heterocycles. The van der Waals surface area contributed by atoms with Crippen molar-refractivity contribution in [2.75, 3.05) is 11.2 Å². The van der Waals surface area contributed by atoms with E-state index in [1.807, 2.05) is 13.2 Å². The van der Waals surface area contributed by atoms with Gasteiger partial charge in [0.15, 0.2) is 4.34 Å². The van der Waals surface area contributed by atoms with E-state index in [2.05, 4.69) is 10.2 Å². The molecule has 1 aliphatic rings. The Morgan fingerprint density at radius 2 is 1.77 bits per heavy atom. The number of rotatable bonds is 4. The third-order valence-electron chi connectivity index (χ3n) is 4.73. The number of amides is 1. The molecule has 1 aliphatic heterocycles. The first-order valence-electron chi connectivity index (χ1n) is 8.91. The number of aliphatic hydroxyl groups excluding tert-OH is 1. The van der Waals surface area contributed by atoms with Gasteiger partial charge in [-0.1, -0.05) is 65.1 Å². The second kappa shape index (κ2) is 8.00. The van der Waals surface area contributed by atoms with Crippen molar-refractivity contribution in [3.8, 4) is 0 Å². The van der Waals surface area contributed by atoms with Gasteiger partial charge < -0.3 is 5.11 Å². The molecule has 1 N–H and O–H groups in total. The van der Waals surface area contributed by atoms with E-state index in [0.717, 1.165) is 16.9 Å². The highest BCUT2D eigenvalue weighted by Gasteiger charge is 2.48. The molecule has 0 saturated carbocycles. The number of ketones is 1. The molecule has 0 aliphatic carbocycles. The van der Waals surface area contributed by atoms with E-state index in [4.69, 9.17) is 0 Å². The largest absolute Gasteiger partial charge is 0.507 e. The van der Waals surface area contributed by atoms with Crippen LogP contribution in [0.4, 0.5) is 9.52 Å². The molecule has 2 aromatic carbocycles. The Balaban J connectivity index is 1.92. The lowest BCUT2D eigenvalue weighted by Gasteiger charge is -2.22. The second-order valence-corrected chi connectivity index (χ2v) is 8.65. The van der Waals surface area contributed by atoms with E-state index >= 15 is 0 Å². The van der Waals surface area contributed by atoms with Crippen LogP contribution in [0.1, 0.15) is 22.7 Å². The van der Waals surface area contributed by atoms with E-state index in [0.29, 0.717) is 15.5 Å². The average molecular weight is 442 g/mol. The molecular weight excluding hydrogens is 425 g/mol. The Hall–Kier alpha value is -3.04. The highest BCUT2D eigenvalue weighted by atomic mass is 32.2. The topological polar surface area (TPSA) is 83.4 Å². The molecule has 1 aromatic heterocycles. The third kappa shape index (κ3) is 3.50. The van der Waals surface area contributed by atoms with Gasteiger partial charge in [-0.2, -0.15) is 0 Å². The number of carbonyl (C=O) groups is 2. The van der Waals surface area contributed by atoms with Gasteiger partial charge in [0.2, 0.25) is 5.13 Å². The van der Waals surface area contributed by atoms with Gasteiger partial charge in [0.1, 0.15) is 11.6 Å². The van der Waals surface area contributed by atoms with Gasteiger partial charge in [-0.15, -0.1) is 10.2 Å². The van der Waals surface area contributed by atoms with Gasteiger partial charge in [0.25, 0.3) is 5.78 Å². The molecule has 0 radical (unpaired) electrons. The normalized spacial score (nSPS) is 18.2. The highest BCUT2D eigenvalue weighted by molar-refractivity contribution is 8.00. The molecule has 0 bridgehead atoms. The second-order valence-electron chi connectivity index (χ2n) is 6.64. The van der Waals surface area contributed by atoms with Crippen molar-refractivity contribution in [2.45, 2.75) is 17.3 Å². The van der Waals surface area contributed by atoms with Crippen molar-refractivity contribution in [1.82, 2.24) is 10.2 Å². The van der Waals surface area contributed by atoms with E-state index in [-0.39, 0.29) is 16.5 Å². The minimum absolute atomic E-state index is 0.0728. The molecule has 1 atom stereocenters. The maximum absolute atomic E-state index is 13.5. The van der Waals surface area contributed by atoms with Crippen LogP contribution in [0, 0.1) is 12.7 Å². The monoisotopic (exact) mass is 441 g/mol. The number of Topliss-reactive ketones (excluding diaryl/α,β-unsaturated/α-hetero) is 1. The molecule has 30 heavy (non-hydrogen) atoms.